The summed E-state index contributed by atoms with van der Waals surface area (Å²) in [5.41, 5.74) is 13.2. The molecule has 0 saturated carbocycles. The van der Waals surface area contributed by atoms with E-state index < -0.39 is 30.8 Å². The Bertz CT molecular complexity index is 1280. The summed E-state index contributed by atoms with van der Waals surface area (Å²) in [4.78, 5) is 39.7. The number of nitrogen functional groups attached to an aromatic ring is 2. The molecule has 7 N–H and O–H groups in total. The molecule has 1 fully saturated rings. The number of ether oxygens (including phenoxy) is 2. The molecule has 0 bridgehead atoms. The molecule has 1 aliphatic heterocycles. The number of carbonyl (C=O) groups is 2. The number of nitrogens with two attached hydrogens (primary N) is 2. The predicted molar refractivity (Wildman–Crippen MR) is 141 cm³/mol. The van der Waals surface area contributed by atoms with E-state index in [1.54, 1.807) is 40.7 Å². The largest absolute Gasteiger partial charge is 0.415 e. The Labute approximate surface area is 224 Å². The summed E-state index contributed by atoms with van der Waals surface area (Å²) in [6, 6.07) is 6.66. The Morgan fingerprint density at radius 2 is 1.90 bits per heavy atom. The van der Waals surface area contributed by atoms with E-state index in [1.165, 1.54) is 6.33 Å². The molecule has 4 rings (SSSR count). The Morgan fingerprint density at radius 1 is 1.18 bits per heavy atom. The number of nitrogens with zero attached hydrogens (tertiary/aromatic N) is 5. The molecule has 0 aliphatic carbocycles. The first-order valence-electron chi connectivity index (χ1n) is 12.8. The third kappa shape index (κ3) is 6.90. The smallest absolute Gasteiger partial charge is 0.410 e. The van der Waals surface area contributed by atoms with E-state index in [0.717, 1.165) is 12.8 Å². The van der Waals surface area contributed by atoms with E-state index in [-0.39, 0.29) is 18.5 Å². The van der Waals surface area contributed by atoms with Gasteiger partial charge in [-0.25, -0.2) is 19.7 Å². The predicted octanol–water partition coefficient (Wildman–Crippen LogP) is 0.276. The minimum absolute atomic E-state index is 0.153. The summed E-state index contributed by atoms with van der Waals surface area (Å²) < 4.78 is 12.6. The monoisotopic (exact) mass is 542 g/mol. The highest BCUT2D eigenvalue weighted by molar-refractivity contribution is 5.82. The fourth-order valence-corrected chi connectivity index (χ4v) is 4.37. The molecule has 3 heterocycles. The fraction of sp³-hybridized carbons (Fsp3) is 0.480. The maximum atomic E-state index is 12.5. The van der Waals surface area contributed by atoms with Crippen molar-refractivity contribution in [2.24, 2.45) is 5.92 Å². The second-order valence-electron chi connectivity index (χ2n) is 9.34. The molecule has 14 heteroatoms. The summed E-state index contributed by atoms with van der Waals surface area (Å²) in [5.74, 6) is 0.880. The number of aliphatic hydroxyl groups excluding tert-OH is 2. The van der Waals surface area contributed by atoms with Gasteiger partial charge in [-0.1, -0.05) is 0 Å². The molecule has 210 valence electrons. The van der Waals surface area contributed by atoms with Crippen molar-refractivity contribution in [1.82, 2.24) is 29.7 Å². The lowest BCUT2D eigenvalue weighted by Crippen LogP contribution is -2.45. The van der Waals surface area contributed by atoms with Crippen LogP contribution in [0.2, 0.25) is 0 Å². The van der Waals surface area contributed by atoms with Crippen molar-refractivity contribution in [3.63, 3.8) is 0 Å². The molecular weight excluding hydrogens is 508 g/mol. The lowest BCUT2D eigenvalue weighted by Gasteiger charge is -2.31. The second kappa shape index (κ2) is 12.7. The van der Waals surface area contributed by atoms with Crippen molar-refractivity contribution in [2.75, 3.05) is 37.7 Å². The highest BCUT2D eigenvalue weighted by Gasteiger charge is 2.28. The number of fused-ring (bicyclic) bond motifs is 1. The molecule has 1 aromatic carbocycles. The first-order valence-corrected chi connectivity index (χ1v) is 12.8. The number of benzene rings is 1. The number of aliphatic hydroxyl groups is 2. The zero-order valence-electron chi connectivity index (χ0n) is 21.7. The van der Waals surface area contributed by atoms with E-state index in [2.05, 4.69) is 20.3 Å². The molecule has 14 nitrogen and oxygen atoms in total. The summed E-state index contributed by atoms with van der Waals surface area (Å²) >= 11 is 0. The van der Waals surface area contributed by atoms with Gasteiger partial charge in [-0.2, -0.15) is 0 Å². The fourth-order valence-electron chi connectivity index (χ4n) is 4.37. The van der Waals surface area contributed by atoms with Crippen molar-refractivity contribution >= 4 is 34.7 Å². The molecule has 1 saturated heterocycles. The molecule has 2 aromatic heterocycles. The molecule has 39 heavy (non-hydrogen) atoms. The lowest BCUT2D eigenvalue weighted by atomic mass is 9.93. The first-order chi connectivity index (χ1) is 18.8. The molecular formula is C25H34N8O6. The Kier molecular flexibility index (Phi) is 9.11. The van der Waals surface area contributed by atoms with Gasteiger partial charge in [-0.15, -0.1) is 0 Å². The van der Waals surface area contributed by atoms with E-state index in [1.807, 2.05) is 0 Å². The van der Waals surface area contributed by atoms with Gasteiger partial charge < -0.3 is 41.4 Å². The van der Waals surface area contributed by atoms with Crippen molar-refractivity contribution in [2.45, 2.75) is 45.1 Å². The number of aromatic nitrogens is 4. The van der Waals surface area contributed by atoms with Crippen LogP contribution in [0.1, 0.15) is 25.6 Å². The average Bonchev–Trinajstić information content (AvgIpc) is 3.34. The van der Waals surface area contributed by atoms with Gasteiger partial charge in [-0.3, -0.25) is 9.36 Å². The SMILES string of the molecule is CCNC(=O)[C@@H](OCn1cnc2c(N)nc(CC3CCN(C(=O)Oc4ccc(N)cc4)CC3)nc21)C(O)CO. The van der Waals surface area contributed by atoms with Crippen LogP contribution in [0, 0.1) is 5.92 Å². The van der Waals surface area contributed by atoms with Crippen LogP contribution in [-0.4, -0.2) is 85.1 Å². The highest BCUT2D eigenvalue weighted by atomic mass is 16.6. The van der Waals surface area contributed by atoms with Gasteiger partial charge in [-0.05, 0) is 49.9 Å². The number of nitrogens with one attached hydrogen (secondary N) is 1. The average molecular weight is 543 g/mol. The molecule has 0 spiro atoms. The molecule has 3 aromatic rings. The maximum Gasteiger partial charge on any atom is 0.415 e. The van der Waals surface area contributed by atoms with Gasteiger partial charge in [0.05, 0.1) is 12.9 Å². The quantitative estimate of drug-likeness (QED) is 0.220. The van der Waals surface area contributed by atoms with Gasteiger partial charge in [0.2, 0.25) is 0 Å². The van der Waals surface area contributed by atoms with Gasteiger partial charge in [0.15, 0.2) is 17.6 Å². The van der Waals surface area contributed by atoms with Crippen LogP contribution in [0.3, 0.4) is 0 Å². The van der Waals surface area contributed by atoms with Crippen LogP contribution < -0.4 is 21.5 Å². The number of anilines is 2. The van der Waals surface area contributed by atoms with Crippen LogP contribution in [0.5, 0.6) is 5.75 Å². The Balaban J connectivity index is 1.37. The van der Waals surface area contributed by atoms with Crippen molar-refractivity contribution in [3.05, 3.63) is 36.4 Å². The van der Waals surface area contributed by atoms with Crippen LogP contribution in [0.4, 0.5) is 16.3 Å². The summed E-state index contributed by atoms with van der Waals surface area (Å²) in [7, 11) is 0. The first kappa shape index (κ1) is 28.0. The number of likely N-dealkylation sites (tertiary alicyclic amines) is 1. The normalized spacial score (nSPS) is 15.7. The number of carbonyl (C=O) groups excluding carboxylic acids is 2. The lowest BCUT2D eigenvalue weighted by molar-refractivity contribution is -0.147. The topological polar surface area (TPSA) is 204 Å². The number of rotatable bonds is 10. The van der Waals surface area contributed by atoms with Crippen molar-refractivity contribution in [3.8, 4) is 5.75 Å². The van der Waals surface area contributed by atoms with Gasteiger partial charge in [0.25, 0.3) is 5.91 Å². The minimum atomic E-state index is -1.39. The molecule has 1 aliphatic rings. The number of piperidine rings is 1. The Hall–Kier alpha value is -4.01. The van der Waals surface area contributed by atoms with Crippen LogP contribution >= 0.6 is 0 Å². The number of amides is 2. The third-order valence-electron chi connectivity index (χ3n) is 6.51. The van der Waals surface area contributed by atoms with Crippen molar-refractivity contribution < 1.29 is 29.3 Å². The van der Waals surface area contributed by atoms with E-state index in [9.17, 15) is 19.8 Å². The van der Waals surface area contributed by atoms with E-state index >= 15 is 0 Å². The number of likely N-dealkylation sites (N-methyl/N-ethyl adjacent to an activating group) is 1. The van der Waals surface area contributed by atoms with Gasteiger partial charge in [0, 0.05) is 31.7 Å². The zero-order chi connectivity index (χ0) is 27.9. The van der Waals surface area contributed by atoms with Gasteiger partial charge >= 0.3 is 6.09 Å². The summed E-state index contributed by atoms with van der Waals surface area (Å²) in [6.07, 6.45) is 0.435. The zero-order valence-corrected chi connectivity index (χ0v) is 21.7. The Morgan fingerprint density at radius 3 is 2.56 bits per heavy atom. The summed E-state index contributed by atoms with van der Waals surface area (Å²) in [6.45, 7) is 2.37. The van der Waals surface area contributed by atoms with Crippen molar-refractivity contribution in [1.29, 1.82) is 0 Å². The number of hydrogen-bond acceptors (Lipinski definition) is 11. The molecule has 1 unspecified atom stereocenters. The van der Waals surface area contributed by atoms with Crippen LogP contribution in [-0.2, 0) is 22.7 Å². The second-order valence-corrected chi connectivity index (χ2v) is 9.34. The minimum Gasteiger partial charge on any atom is -0.410 e. The number of imidazole rings is 1. The third-order valence-corrected chi connectivity index (χ3v) is 6.51. The molecule has 2 atom stereocenters. The van der Waals surface area contributed by atoms with E-state index in [0.29, 0.717) is 54.5 Å². The molecule has 0 radical (unpaired) electrons. The summed E-state index contributed by atoms with van der Waals surface area (Å²) in [5, 5.41) is 21.9. The van der Waals surface area contributed by atoms with Gasteiger partial charge in [0.1, 0.15) is 29.9 Å². The maximum absolute atomic E-state index is 12.5. The van der Waals surface area contributed by atoms with E-state index in [4.69, 9.17) is 20.9 Å². The number of hydrogen-bond donors (Lipinski definition) is 5. The van der Waals surface area contributed by atoms with Crippen LogP contribution in [0.15, 0.2) is 30.6 Å². The van der Waals surface area contributed by atoms with Crippen LogP contribution in [0.25, 0.3) is 11.2 Å². The standard InChI is InChI=1S/C25H34N8O6/c1-2-28-24(36)21(18(35)12-34)38-14-33-13-29-20-22(27)30-19(31-23(20)33)11-15-7-9-32(10-8-15)25(37)39-17-5-3-16(26)4-6-17/h3-6,13,15,18,21,34-35H,2,7-12,14,26H2,1H3,(H,28,36)(H2,27,30,31)/t18?,21-/m0/s1. The molecule has 2 amide bonds. The highest BCUT2D eigenvalue weighted by Crippen LogP contribution is 2.24.